The van der Waals surface area contributed by atoms with Gasteiger partial charge < -0.3 is 5.11 Å². The van der Waals surface area contributed by atoms with E-state index in [0.717, 1.165) is 11.5 Å². The molecule has 0 radical (unpaired) electrons. The summed E-state index contributed by atoms with van der Waals surface area (Å²) in [7, 11) is 0. The zero-order valence-corrected chi connectivity index (χ0v) is 11.3. The highest BCUT2D eigenvalue weighted by molar-refractivity contribution is 7.11. The van der Waals surface area contributed by atoms with E-state index >= 15 is 0 Å². The summed E-state index contributed by atoms with van der Waals surface area (Å²) in [6, 6.07) is 3.99. The van der Waals surface area contributed by atoms with Crippen LogP contribution in [0.1, 0.15) is 55.1 Å². The number of rotatable bonds is 4. The van der Waals surface area contributed by atoms with Crippen LogP contribution in [-0.4, -0.2) is 5.11 Å². The lowest BCUT2D eigenvalue weighted by Gasteiger charge is -2.17. The van der Waals surface area contributed by atoms with E-state index in [9.17, 15) is 5.11 Å². The second kappa shape index (κ2) is 6.72. The highest BCUT2D eigenvalue weighted by Crippen LogP contribution is 2.27. The van der Waals surface area contributed by atoms with Gasteiger partial charge in [0.2, 0.25) is 0 Å². The summed E-state index contributed by atoms with van der Waals surface area (Å²) in [4.78, 5) is 1.17. The molecule has 1 aromatic rings. The SMILES string of the molecule is N#CCC(O)c1csc(/C=C/C2CCCCC2)c1. The molecule has 1 aromatic heterocycles. The molecule has 2 rings (SSSR count). The van der Waals surface area contributed by atoms with Gasteiger partial charge in [-0.25, -0.2) is 0 Å². The van der Waals surface area contributed by atoms with Gasteiger partial charge in [0, 0.05) is 4.88 Å². The normalized spacial score (nSPS) is 18.9. The Bertz CT molecular complexity index is 438. The fourth-order valence-corrected chi connectivity index (χ4v) is 3.25. The third-order valence-electron chi connectivity index (χ3n) is 3.49. The van der Waals surface area contributed by atoms with Gasteiger partial charge in [0.05, 0.1) is 18.6 Å². The fraction of sp³-hybridized carbons (Fsp3) is 0.533. The highest BCUT2D eigenvalue weighted by atomic mass is 32.1. The summed E-state index contributed by atoms with van der Waals surface area (Å²) in [5.41, 5.74) is 0.866. The molecule has 18 heavy (non-hydrogen) atoms. The van der Waals surface area contributed by atoms with Gasteiger partial charge in [-0.15, -0.1) is 11.3 Å². The van der Waals surface area contributed by atoms with Crippen LogP contribution in [0.5, 0.6) is 0 Å². The summed E-state index contributed by atoms with van der Waals surface area (Å²) >= 11 is 1.64. The predicted octanol–water partition coefficient (Wildman–Crippen LogP) is 4.29. The molecule has 1 aliphatic rings. The maximum Gasteiger partial charge on any atom is 0.0928 e. The minimum Gasteiger partial charge on any atom is -0.387 e. The van der Waals surface area contributed by atoms with Crippen LogP contribution in [-0.2, 0) is 0 Å². The number of nitrogens with zero attached hydrogens (tertiary/aromatic N) is 1. The number of aliphatic hydroxyl groups excluding tert-OH is 1. The third-order valence-corrected chi connectivity index (χ3v) is 4.41. The third kappa shape index (κ3) is 3.69. The lowest BCUT2D eigenvalue weighted by Crippen LogP contribution is -2.02. The zero-order valence-electron chi connectivity index (χ0n) is 10.5. The van der Waals surface area contributed by atoms with Crippen molar-refractivity contribution in [2.75, 3.05) is 0 Å². The van der Waals surface area contributed by atoms with Crippen molar-refractivity contribution in [2.24, 2.45) is 5.92 Å². The molecule has 1 heterocycles. The van der Waals surface area contributed by atoms with Crippen molar-refractivity contribution in [3.8, 4) is 6.07 Å². The van der Waals surface area contributed by atoms with E-state index in [1.165, 1.54) is 37.0 Å². The van der Waals surface area contributed by atoms with Crippen LogP contribution in [0.15, 0.2) is 17.5 Å². The van der Waals surface area contributed by atoms with Crippen molar-refractivity contribution in [3.05, 3.63) is 28.0 Å². The van der Waals surface area contributed by atoms with Crippen LogP contribution in [0.2, 0.25) is 0 Å². The first kappa shape index (κ1) is 13.3. The first-order chi connectivity index (χ1) is 8.79. The summed E-state index contributed by atoms with van der Waals surface area (Å²) in [5.74, 6) is 0.730. The fourth-order valence-electron chi connectivity index (χ4n) is 2.39. The van der Waals surface area contributed by atoms with Gasteiger partial charge in [-0.2, -0.15) is 5.26 Å². The maximum atomic E-state index is 9.71. The van der Waals surface area contributed by atoms with Gasteiger partial charge in [0.1, 0.15) is 0 Å². The first-order valence-corrected chi connectivity index (χ1v) is 7.49. The molecule has 1 aliphatic carbocycles. The Kier molecular flexibility index (Phi) is 4.98. The first-order valence-electron chi connectivity index (χ1n) is 6.61. The molecule has 0 aliphatic heterocycles. The van der Waals surface area contributed by atoms with Crippen molar-refractivity contribution >= 4 is 17.4 Å². The molecule has 1 N–H and O–H groups in total. The predicted molar refractivity (Wildman–Crippen MR) is 75.1 cm³/mol. The topological polar surface area (TPSA) is 44.0 Å². The standard InChI is InChI=1S/C15H19NOS/c16-9-8-15(17)13-10-14(18-11-13)7-6-12-4-2-1-3-5-12/h6-7,10-12,15,17H,1-5,8H2/b7-6+. The molecule has 0 saturated heterocycles. The van der Waals surface area contributed by atoms with Crippen molar-refractivity contribution in [1.82, 2.24) is 0 Å². The average Bonchev–Trinajstić information content (AvgIpc) is 2.87. The van der Waals surface area contributed by atoms with Crippen molar-refractivity contribution in [3.63, 3.8) is 0 Å². The van der Waals surface area contributed by atoms with E-state index in [4.69, 9.17) is 5.26 Å². The number of nitriles is 1. The van der Waals surface area contributed by atoms with Crippen LogP contribution in [0.3, 0.4) is 0 Å². The Morgan fingerprint density at radius 1 is 1.44 bits per heavy atom. The molecule has 0 bridgehead atoms. The van der Waals surface area contributed by atoms with Crippen LogP contribution in [0.4, 0.5) is 0 Å². The van der Waals surface area contributed by atoms with Gasteiger partial charge >= 0.3 is 0 Å². The summed E-state index contributed by atoms with van der Waals surface area (Å²) in [5, 5.41) is 20.2. The second-order valence-electron chi connectivity index (χ2n) is 4.92. The molecule has 0 amide bonds. The zero-order chi connectivity index (χ0) is 12.8. The van der Waals surface area contributed by atoms with Gasteiger partial charge in [0.25, 0.3) is 0 Å². The number of aliphatic hydroxyl groups is 1. The minimum atomic E-state index is -0.636. The van der Waals surface area contributed by atoms with Crippen LogP contribution in [0, 0.1) is 17.2 Å². The highest BCUT2D eigenvalue weighted by Gasteiger charge is 2.11. The monoisotopic (exact) mass is 261 g/mol. The Morgan fingerprint density at radius 2 is 2.22 bits per heavy atom. The van der Waals surface area contributed by atoms with Crippen LogP contribution in [0.25, 0.3) is 6.08 Å². The van der Waals surface area contributed by atoms with Gasteiger partial charge in [0.15, 0.2) is 0 Å². The van der Waals surface area contributed by atoms with Crippen molar-refractivity contribution in [2.45, 2.75) is 44.6 Å². The molecule has 0 aromatic carbocycles. The molecule has 0 spiro atoms. The lowest BCUT2D eigenvalue weighted by molar-refractivity contribution is 0.184. The van der Waals surface area contributed by atoms with Gasteiger partial charge in [-0.05, 0) is 41.8 Å². The molecule has 2 nitrogen and oxygen atoms in total. The number of hydrogen-bond donors (Lipinski definition) is 1. The largest absolute Gasteiger partial charge is 0.387 e. The van der Waals surface area contributed by atoms with Crippen LogP contribution < -0.4 is 0 Å². The van der Waals surface area contributed by atoms with E-state index < -0.39 is 6.10 Å². The molecular formula is C15H19NOS. The lowest BCUT2D eigenvalue weighted by atomic mass is 9.89. The maximum absolute atomic E-state index is 9.71. The van der Waals surface area contributed by atoms with Crippen molar-refractivity contribution in [1.29, 1.82) is 5.26 Å². The Morgan fingerprint density at radius 3 is 2.94 bits per heavy atom. The Hall–Kier alpha value is -1.11. The van der Waals surface area contributed by atoms with E-state index in [1.807, 2.05) is 17.5 Å². The number of hydrogen-bond acceptors (Lipinski definition) is 3. The molecule has 1 fully saturated rings. The number of thiophene rings is 1. The quantitative estimate of drug-likeness (QED) is 0.878. The number of allylic oxidation sites excluding steroid dienone is 1. The Labute approximate surface area is 113 Å². The van der Waals surface area contributed by atoms with E-state index in [1.54, 1.807) is 11.3 Å². The molecule has 1 atom stereocenters. The Balaban J connectivity index is 1.93. The van der Waals surface area contributed by atoms with Gasteiger partial charge in [-0.3, -0.25) is 0 Å². The van der Waals surface area contributed by atoms with E-state index in [0.29, 0.717) is 0 Å². The van der Waals surface area contributed by atoms with Gasteiger partial charge in [-0.1, -0.05) is 25.3 Å². The van der Waals surface area contributed by atoms with E-state index in [-0.39, 0.29) is 6.42 Å². The molecule has 1 saturated carbocycles. The second-order valence-corrected chi connectivity index (χ2v) is 5.86. The smallest absolute Gasteiger partial charge is 0.0928 e. The molecule has 1 unspecified atom stereocenters. The van der Waals surface area contributed by atoms with Crippen LogP contribution >= 0.6 is 11.3 Å². The summed E-state index contributed by atoms with van der Waals surface area (Å²) in [6.07, 6.45) is 10.7. The van der Waals surface area contributed by atoms with E-state index in [2.05, 4.69) is 12.2 Å². The molecular weight excluding hydrogens is 242 g/mol. The average molecular weight is 261 g/mol. The minimum absolute atomic E-state index is 0.169. The molecule has 3 heteroatoms. The van der Waals surface area contributed by atoms with Crippen molar-refractivity contribution < 1.29 is 5.11 Å². The summed E-state index contributed by atoms with van der Waals surface area (Å²) < 4.78 is 0. The summed E-state index contributed by atoms with van der Waals surface area (Å²) in [6.45, 7) is 0. The molecule has 96 valence electrons.